The Hall–Kier alpha value is -1.80. The number of hydrogen-bond donors (Lipinski definition) is 0. The van der Waals surface area contributed by atoms with Gasteiger partial charge in [0.25, 0.3) is 0 Å². The molecule has 0 aliphatic rings. The first-order valence-corrected chi connectivity index (χ1v) is 10.1. The molecule has 0 aromatic carbocycles. The number of hydrogen-bond acceptors (Lipinski definition) is 6. The summed E-state index contributed by atoms with van der Waals surface area (Å²) in [4.78, 5) is 22.5. The number of carbonyl (C=O) groups excluding carboxylic acids is 1. The van der Waals surface area contributed by atoms with E-state index in [2.05, 4.69) is 9.97 Å². The van der Waals surface area contributed by atoms with Crippen LogP contribution >= 0.6 is 11.3 Å². The fourth-order valence-electron chi connectivity index (χ4n) is 2.09. The third kappa shape index (κ3) is 4.59. The average molecular weight is 353 g/mol. The van der Waals surface area contributed by atoms with E-state index in [0.717, 1.165) is 27.5 Å². The van der Waals surface area contributed by atoms with Crippen LogP contribution in [0.1, 0.15) is 19.0 Å². The number of thiazole rings is 1. The van der Waals surface area contributed by atoms with Crippen LogP contribution in [0, 0.1) is 6.92 Å². The Morgan fingerprint density at radius 2 is 2.13 bits per heavy atom. The Kier molecular flexibility index (Phi) is 5.48. The standard InChI is InChI=1S/C15H19N3O3S2/c1-4-18(13(19)7-9-23(3,20)21)15-11(2)17-14(22-15)12-6-5-8-16-10-12/h5-6,8,10H,4,7,9H2,1-3H3. The van der Waals surface area contributed by atoms with Crippen molar-refractivity contribution in [1.82, 2.24) is 9.97 Å². The monoisotopic (exact) mass is 353 g/mol. The van der Waals surface area contributed by atoms with Crippen LogP contribution in [0.5, 0.6) is 0 Å². The molecule has 2 rings (SSSR count). The highest BCUT2D eigenvalue weighted by Gasteiger charge is 2.21. The molecule has 0 atom stereocenters. The van der Waals surface area contributed by atoms with Crippen LogP contribution < -0.4 is 4.90 Å². The summed E-state index contributed by atoms with van der Waals surface area (Å²) in [5, 5.41) is 1.55. The highest BCUT2D eigenvalue weighted by molar-refractivity contribution is 7.90. The van der Waals surface area contributed by atoms with Gasteiger partial charge in [-0.3, -0.25) is 9.78 Å². The Morgan fingerprint density at radius 1 is 1.39 bits per heavy atom. The van der Waals surface area contributed by atoms with Crippen molar-refractivity contribution >= 4 is 32.1 Å². The molecule has 0 unspecified atom stereocenters. The molecule has 0 saturated carbocycles. The summed E-state index contributed by atoms with van der Waals surface area (Å²) < 4.78 is 22.5. The Bertz CT molecular complexity index is 786. The Balaban J connectivity index is 2.25. The van der Waals surface area contributed by atoms with Crippen LogP contribution in [0.25, 0.3) is 10.6 Å². The molecule has 0 aliphatic heterocycles. The van der Waals surface area contributed by atoms with E-state index in [-0.39, 0.29) is 18.1 Å². The second-order valence-corrected chi connectivity index (χ2v) is 8.41. The number of carbonyl (C=O) groups is 1. The van der Waals surface area contributed by atoms with Crippen molar-refractivity contribution in [2.75, 3.05) is 23.5 Å². The second-order valence-electron chi connectivity index (χ2n) is 5.17. The third-order valence-electron chi connectivity index (χ3n) is 3.23. The molecule has 0 N–H and O–H groups in total. The number of sulfone groups is 1. The van der Waals surface area contributed by atoms with E-state index in [0.29, 0.717) is 6.54 Å². The summed E-state index contributed by atoms with van der Waals surface area (Å²) in [6, 6.07) is 3.75. The quantitative estimate of drug-likeness (QED) is 0.796. The predicted octanol–water partition coefficient (Wildman–Crippen LogP) is 2.30. The minimum absolute atomic E-state index is 0.0216. The van der Waals surface area contributed by atoms with E-state index in [4.69, 9.17) is 0 Å². The molecule has 0 saturated heterocycles. The number of amides is 1. The van der Waals surface area contributed by atoms with Gasteiger partial charge in [0, 0.05) is 37.2 Å². The smallest absolute Gasteiger partial charge is 0.228 e. The number of nitrogens with zero attached hydrogens (tertiary/aromatic N) is 3. The van der Waals surface area contributed by atoms with E-state index in [1.165, 1.54) is 11.3 Å². The minimum atomic E-state index is -3.16. The first-order chi connectivity index (χ1) is 10.8. The molecule has 0 spiro atoms. The van der Waals surface area contributed by atoms with E-state index >= 15 is 0 Å². The van der Waals surface area contributed by atoms with Gasteiger partial charge >= 0.3 is 0 Å². The fraction of sp³-hybridized carbons (Fsp3) is 0.400. The molecule has 2 aromatic heterocycles. The van der Waals surface area contributed by atoms with Crippen LogP contribution in [-0.2, 0) is 14.6 Å². The lowest BCUT2D eigenvalue weighted by molar-refractivity contribution is -0.118. The number of aromatic nitrogens is 2. The first kappa shape index (κ1) is 17.6. The van der Waals surface area contributed by atoms with Gasteiger partial charge in [-0.05, 0) is 26.0 Å². The van der Waals surface area contributed by atoms with Crippen LogP contribution in [0.4, 0.5) is 5.00 Å². The van der Waals surface area contributed by atoms with Crippen molar-refractivity contribution in [2.45, 2.75) is 20.3 Å². The van der Waals surface area contributed by atoms with Crippen LogP contribution in [0.2, 0.25) is 0 Å². The molecule has 23 heavy (non-hydrogen) atoms. The van der Waals surface area contributed by atoms with E-state index < -0.39 is 9.84 Å². The number of anilines is 1. The van der Waals surface area contributed by atoms with Crippen LogP contribution in [0.15, 0.2) is 24.5 Å². The molecule has 6 nitrogen and oxygen atoms in total. The summed E-state index contributed by atoms with van der Waals surface area (Å²) in [7, 11) is -3.16. The molecule has 0 bridgehead atoms. The molecule has 0 aliphatic carbocycles. The number of rotatable bonds is 6. The summed E-state index contributed by atoms with van der Waals surface area (Å²) in [6.07, 6.45) is 4.53. The van der Waals surface area contributed by atoms with Crippen molar-refractivity contribution < 1.29 is 13.2 Å². The highest BCUT2D eigenvalue weighted by atomic mass is 32.2. The normalized spacial score (nSPS) is 11.4. The molecule has 8 heteroatoms. The SMILES string of the molecule is CCN(C(=O)CCS(C)(=O)=O)c1sc(-c2cccnc2)nc1C. The number of pyridine rings is 1. The van der Waals surface area contributed by atoms with Gasteiger partial charge in [-0.1, -0.05) is 11.3 Å². The zero-order chi connectivity index (χ0) is 17.0. The first-order valence-electron chi connectivity index (χ1n) is 7.17. The third-order valence-corrected chi connectivity index (χ3v) is 5.40. The van der Waals surface area contributed by atoms with Crippen LogP contribution in [0.3, 0.4) is 0 Å². The topological polar surface area (TPSA) is 80.2 Å². The van der Waals surface area contributed by atoms with Crippen LogP contribution in [-0.4, -0.2) is 42.8 Å². The van der Waals surface area contributed by atoms with Gasteiger partial charge in [-0.2, -0.15) is 0 Å². The zero-order valence-corrected chi connectivity index (χ0v) is 14.9. The van der Waals surface area contributed by atoms with E-state index in [1.54, 1.807) is 17.3 Å². The second kappa shape index (κ2) is 7.18. The van der Waals surface area contributed by atoms with E-state index in [9.17, 15) is 13.2 Å². The van der Waals surface area contributed by atoms with Crippen molar-refractivity contribution in [3.63, 3.8) is 0 Å². The fourth-order valence-corrected chi connectivity index (χ4v) is 3.78. The zero-order valence-electron chi connectivity index (χ0n) is 13.3. The summed E-state index contributed by atoms with van der Waals surface area (Å²) in [6.45, 7) is 4.18. The molecule has 124 valence electrons. The minimum Gasteiger partial charge on any atom is -0.303 e. The van der Waals surface area contributed by atoms with Crippen molar-refractivity contribution in [3.05, 3.63) is 30.2 Å². The van der Waals surface area contributed by atoms with Gasteiger partial charge in [-0.15, -0.1) is 0 Å². The largest absolute Gasteiger partial charge is 0.303 e. The Morgan fingerprint density at radius 3 is 2.70 bits per heavy atom. The molecule has 2 heterocycles. The summed E-state index contributed by atoms with van der Waals surface area (Å²) in [5.74, 6) is -0.349. The molecule has 0 fully saturated rings. The maximum Gasteiger partial charge on any atom is 0.228 e. The van der Waals surface area contributed by atoms with Gasteiger partial charge in [0.05, 0.1) is 11.4 Å². The van der Waals surface area contributed by atoms with Gasteiger partial charge in [-0.25, -0.2) is 13.4 Å². The lowest BCUT2D eigenvalue weighted by atomic mass is 10.3. The van der Waals surface area contributed by atoms with Crippen molar-refractivity contribution in [3.8, 4) is 10.6 Å². The maximum absolute atomic E-state index is 12.3. The summed E-state index contributed by atoms with van der Waals surface area (Å²) >= 11 is 1.41. The van der Waals surface area contributed by atoms with E-state index in [1.807, 2.05) is 26.0 Å². The number of aryl methyl sites for hydroxylation is 1. The predicted molar refractivity (Wildman–Crippen MR) is 92.4 cm³/mol. The average Bonchev–Trinajstić information content (AvgIpc) is 2.88. The van der Waals surface area contributed by atoms with Gasteiger partial charge in [0.2, 0.25) is 5.91 Å². The summed E-state index contributed by atoms with van der Waals surface area (Å²) in [5.41, 5.74) is 1.65. The van der Waals surface area contributed by atoms with Crippen molar-refractivity contribution in [2.24, 2.45) is 0 Å². The highest BCUT2D eigenvalue weighted by Crippen LogP contribution is 2.34. The van der Waals surface area contributed by atoms with Crippen molar-refractivity contribution in [1.29, 1.82) is 0 Å². The Labute approximate surface area is 140 Å². The van der Waals surface area contributed by atoms with Gasteiger partial charge < -0.3 is 4.90 Å². The lowest BCUT2D eigenvalue weighted by Crippen LogP contribution is -2.31. The molecular weight excluding hydrogens is 334 g/mol. The molecular formula is C15H19N3O3S2. The maximum atomic E-state index is 12.3. The van der Waals surface area contributed by atoms with Gasteiger partial charge in [0.1, 0.15) is 19.8 Å². The molecule has 0 radical (unpaired) electrons. The van der Waals surface area contributed by atoms with Gasteiger partial charge in [0.15, 0.2) is 0 Å². The molecule has 1 amide bonds. The molecule has 2 aromatic rings. The lowest BCUT2D eigenvalue weighted by Gasteiger charge is -2.19.